The zero-order valence-corrected chi connectivity index (χ0v) is 38.0. The summed E-state index contributed by atoms with van der Waals surface area (Å²) in [4.78, 5) is 10.4. The van der Waals surface area contributed by atoms with Gasteiger partial charge in [0.25, 0.3) is 0 Å². The first-order chi connectivity index (χ1) is 30.9. The van der Waals surface area contributed by atoms with E-state index >= 15 is 0 Å². The summed E-state index contributed by atoms with van der Waals surface area (Å²) in [5.74, 6) is -0.0355. The predicted molar refractivity (Wildman–Crippen MR) is 254 cm³/mol. The van der Waals surface area contributed by atoms with Crippen molar-refractivity contribution in [2.24, 2.45) is 0 Å². The van der Waals surface area contributed by atoms with Gasteiger partial charge in [-0.3, -0.25) is 9.55 Å². The molecule has 2 heterocycles. The molecule has 0 atom stereocenters. The topological polar surface area (TPSA) is 50.9 Å². The summed E-state index contributed by atoms with van der Waals surface area (Å²) in [6.07, 6.45) is 1.83. The number of aryl methyl sites for hydroxylation is 2. The second-order valence-corrected chi connectivity index (χ2v) is 17.1. The van der Waals surface area contributed by atoms with Gasteiger partial charge in [0.1, 0.15) is 11.6 Å². The van der Waals surface area contributed by atoms with Crippen LogP contribution in [-0.4, -0.2) is 19.6 Å². The van der Waals surface area contributed by atoms with Crippen LogP contribution < -0.4 is 0 Å². The van der Waals surface area contributed by atoms with Crippen LogP contribution in [0, 0.1) is 19.8 Å². The van der Waals surface area contributed by atoms with Gasteiger partial charge in [0.2, 0.25) is 0 Å². The molecule has 0 amide bonds. The van der Waals surface area contributed by atoms with Crippen molar-refractivity contribution in [3.8, 4) is 78.6 Å². The number of para-hydroxylation sites is 1. The van der Waals surface area contributed by atoms with Crippen LogP contribution in [0.3, 0.4) is 0 Å². The summed E-state index contributed by atoms with van der Waals surface area (Å²) in [7, 11) is 0. The van der Waals surface area contributed by atoms with Gasteiger partial charge in [0.05, 0.1) is 22.3 Å². The Balaban J connectivity index is 0.00000592. The van der Waals surface area contributed by atoms with E-state index in [1.54, 1.807) is 12.1 Å². The maximum absolute atomic E-state index is 12.3. The van der Waals surface area contributed by atoms with Crippen LogP contribution in [0.5, 0.6) is 5.75 Å². The average Bonchev–Trinajstić information content (AvgIpc) is 3.68. The Morgan fingerprint density at radius 2 is 1.32 bits per heavy atom. The van der Waals surface area contributed by atoms with E-state index in [4.69, 9.17) is 15.5 Å². The number of benzene rings is 7. The number of pyridine rings is 1. The van der Waals surface area contributed by atoms with E-state index in [-0.39, 0.29) is 37.8 Å². The molecule has 62 heavy (non-hydrogen) atoms. The van der Waals surface area contributed by atoms with Crippen molar-refractivity contribution in [2.45, 2.75) is 59.7 Å². The van der Waals surface area contributed by atoms with Gasteiger partial charge in [-0.1, -0.05) is 172 Å². The maximum atomic E-state index is 12.3. The van der Waals surface area contributed by atoms with Gasteiger partial charge in [0.15, 0.2) is 0 Å². The molecule has 0 bridgehead atoms. The van der Waals surface area contributed by atoms with E-state index in [2.05, 4.69) is 79.9 Å². The Morgan fingerprint density at radius 1 is 0.645 bits per heavy atom. The van der Waals surface area contributed by atoms with Gasteiger partial charge in [-0.15, -0.1) is 23.8 Å². The predicted octanol–water partition coefficient (Wildman–Crippen LogP) is 15.0. The van der Waals surface area contributed by atoms with Gasteiger partial charge in [-0.05, 0) is 88.8 Å². The fourth-order valence-electron chi connectivity index (χ4n) is 8.25. The molecule has 1 N–H and O–H groups in total. The zero-order chi connectivity index (χ0) is 45.8. The Labute approximate surface area is 385 Å². The molecule has 310 valence electrons. The number of rotatable bonds is 8. The molecule has 0 fully saturated rings. The number of hydrogen-bond donors (Lipinski definition) is 1. The monoisotopic (exact) mass is 991 g/mol. The zero-order valence-electron chi connectivity index (χ0n) is 39.7. The largest absolute Gasteiger partial charge is 0.507 e. The van der Waals surface area contributed by atoms with Crippen molar-refractivity contribution >= 4 is 11.0 Å². The van der Waals surface area contributed by atoms with E-state index in [1.165, 1.54) is 0 Å². The van der Waals surface area contributed by atoms with Gasteiger partial charge < -0.3 is 5.11 Å². The summed E-state index contributed by atoms with van der Waals surface area (Å²) in [6.45, 7) is 9.73. The summed E-state index contributed by atoms with van der Waals surface area (Å²) in [5, 5.41) is 12.3. The minimum absolute atomic E-state index is 0. The van der Waals surface area contributed by atoms with E-state index in [9.17, 15) is 5.11 Å². The maximum Gasteiger partial charge on any atom is 0.148 e. The molecule has 0 spiro atoms. The van der Waals surface area contributed by atoms with Crippen molar-refractivity contribution < 1.29 is 31.7 Å². The molecule has 9 aromatic rings. The number of phenols is 1. The number of phenolic OH excluding ortho intramolecular Hbond substituents is 1. The minimum atomic E-state index is -2.33. The Bertz CT molecular complexity index is 3220. The number of fused-ring (bicyclic) bond motifs is 1. The van der Waals surface area contributed by atoms with Crippen molar-refractivity contribution in [1.29, 1.82) is 0 Å². The van der Waals surface area contributed by atoms with Crippen molar-refractivity contribution in [1.82, 2.24) is 14.5 Å². The van der Waals surface area contributed by atoms with Crippen LogP contribution in [-0.2, 0) is 26.5 Å². The molecule has 9 rings (SSSR count). The third-order valence-electron chi connectivity index (χ3n) is 11.4. The second-order valence-electron chi connectivity index (χ2n) is 17.1. The molecule has 0 aliphatic carbocycles. The van der Waals surface area contributed by atoms with Crippen LogP contribution in [0.1, 0.15) is 68.2 Å². The number of aromatic hydroxyl groups is 1. The number of aromatic nitrogens is 3. The summed E-state index contributed by atoms with van der Waals surface area (Å²) < 4.78 is 35.6. The molecule has 5 heteroatoms. The van der Waals surface area contributed by atoms with Crippen LogP contribution in [0.2, 0.25) is 0 Å². The number of nitrogens with zero attached hydrogens (tertiary/aromatic N) is 3. The standard InChI is InChI=1S/C57H50N3O.Pt/c1-36(2)39-22-24-41(25-23-39)43-27-28-58-51(35-43)46-33-44(40-15-10-8-11-16-40)32-45(34-46)47-19-14-20-53-54(47)59-56(49-30-38(4)31-50(55(49)61)57(5,6)7)60(53)52-26-21-37(3)29-48(52)42-17-12-9-13-18-42;/h8-33,35-36,61H,1-7H3;/q-1;/i3D3,36D;. The summed E-state index contributed by atoms with van der Waals surface area (Å²) >= 11 is 0. The van der Waals surface area contributed by atoms with Gasteiger partial charge in [0, 0.05) is 49.6 Å². The Hall–Kier alpha value is -6.35. The Morgan fingerprint density at radius 3 is 2.02 bits per heavy atom. The number of hydrogen-bond acceptors (Lipinski definition) is 3. The molecule has 0 radical (unpaired) electrons. The van der Waals surface area contributed by atoms with Crippen LogP contribution >= 0.6 is 0 Å². The molecule has 0 saturated carbocycles. The third kappa shape index (κ3) is 8.20. The summed E-state index contributed by atoms with van der Waals surface area (Å²) in [6, 6.07) is 55.7. The molecule has 2 aromatic heterocycles. The van der Waals surface area contributed by atoms with Crippen LogP contribution in [0.4, 0.5) is 0 Å². The van der Waals surface area contributed by atoms with Crippen molar-refractivity contribution in [3.63, 3.8) is 0 Å². The van der Waals surface area contributed by atoms with Gasteiger partial charge in [-0.25, -0.2) is 4.98 Å². The molecule has 0 unspecified atom stereocenters. The average molecular weight is 992 g/mol. The molecule has 4 nitrogen and oxygen atoms in total. The van der Waals surface area contributed by atoms with E-state index in [0.29, 0.717) is 16.9 Å². The van der Waals surface area contributed by atoms with Gasteiger partial charge >= 0.3 is 0 Å². The molecular weight excluding hydrogens is 938 g/mol. The van der Waals surface area contributed by atoms with Crippen molar-refractivity contribution in [2.75, 3.05) is 0 Å². The first-order valence-corrected chi connectivity index (χ1v) is 20.7. The van der Waals surface area contributed by atoms with Gasteiger partial charge in [-0.2, -0.15) is 0 Å². The van der Waals surface area contributed by atoms with E-state index < -0.39 is 12.7 Å². The number of imidazole rings is 1. The van der Waals surface area contributed by atoms with E-state index in [0.717, 1.165) is 83.7 Å². The SMILES string of the molecule is [2H]C([2H])([2H])c1ccc(-n2c(-c3cc(C)cc(C(C)(C)C)c3O)nc3c(-c4[c-]c(-c5cc(-c6ccc(C([2H])(C)C)cc6)ccn5)cc(-c5ccccc5)c4)cccc32)c(-c2ccccc2)c1.[Pt]. The summed E-state index contributed by atoms with van der Waals surface area (Å²) in [5.41, 5.74) is 14.1. The Kier molecular flexibility index (Phi) is 10.4. The first kappa shape index (κ1) is 37.4. The van der Waals surface area contributed by atoms with Crippen LogP contribution in [0.25, 0.3) is 83.9 Å². The quantitative estimate of drug-likeness (QED) is 0.154. The molecular formula is C57H50N3OPt-. The molecule has 0 aliphatic heterocycles. The van der Waals surface area contributed by atoms with Crippen LogP contribution in [0.15, 0.2) is 164 Å². The molecule has 0 aliphatic rings. The first-order valence-electron chi connectivity index (χ1n) is 22.7. The second kappa shape index (κ2) is 17.2. The normalized spacial score (nSPS) is 12.9. The third-order valence-corrected chi connectivity index (χ3v) is 11.4. The fraction of sp³-hybridized carbons (Fsp3) is 0.158. The smallest absolute Gasteiger partial charge is 0.148 e. The fourth-order valence-corrected chi connectivity index (χ4v) is 8.25. The molecule has 7 aromatic carbocycles. The van der Waals surface area contributed by atoms with Crippen molar-refractivity contribution in [3.05, 3.63) is 192 Å². The van der Waals surface area contributed by atoms with E-state index in [1.807, 2.05) is 124 Å². The molecule has 0 saturated heterocycles. The minimum Gasteiger partial charge on any atom is -0.507 e.